The predicted molar refractivity (Wildman–Crippen MR) is 80.6 cm³/mol. The molecule has 0 unspecified atom stereocenters. The predicted octanol–water partition coefficient (Wildman–Crippen LogP) is 2.66. The molecule has 1 aromatic carbocycles. The Labute approximate surface area is 118 Å². The zero-order valence-corrected chi connectivity index (χ0v) is 11.4. The summed E-state index contributed by atoms with van der Waals surface area (Å²) in [5, 5.41) is 17.2. The first-order valence-electron chi connectivity index (χ1n) is 7.13. The van der Waals surface area contributed by atoms with Crippen molar-refractivity contribution in [2.45, 2.75) is 25.3 Å². The van der Waals surface area contributed by atoms with Crippen LogP contribution < -0.4 is 10.6 Å². The summed E-state index contributed by atoms with van der Waals surface area (Å²) < 4.78 is 0. The normalized spacial score (nSPS) is 18.1. The average Bonchev–Trinajstić information content (AvgIpc) is 3.00. The maximum absolute atomic E-state index is 9.25. The molecule has 0 spiro atoms. The molecule has 1 aliphatic heterocycles. The molecule has 1 saturated heterocycles. The lowest BCUT2D eigenvalue weighted by Gasteiger charge is -2.14. The van der Waals surface area contributed by atoms with Gasteiger partial charge in [0.1, 0.15) is 6.07 Å². The van der Waals surface area contributed by atoms with E-state index in [-0.39, 0.29) is 0 Å². The van der Waals surface area contributed by atoms with Gasteiger partial charge in [-0.05, 0) is 31.9 Å². The van der Waals surface area contributed by atoms with Gasteiger partial charge in [-0.15, -0.1) is 0 Å². The Morgan fingerprint density at radius 3 is 3.10 bits per heavy atom. The summed E-state index contributed by atoms with van der Waals surface area (Å²) in [4.78, 5) is 4.32. The largest absolute Gasteiger partial charge is 0.383 e. The highest BCUT2D eigenvalue weighted by atomic mass is 15.0. The number of rotatable bonds is 4. The van der Waals surface area contributed by atoms with Gasteiger partial charge in [-0.1, -0.05) is 18.2 Å². The third-order valence-electron chi connectivity index (χ3n) is 3.85. The minimum atomic E-state index is 0.612. The monoisotopic (exact) mass is 266 g/mol. The molecular weight excluding hydrogens is 248 g/mol. The van der Waals surface area contributed by atoms with Crippen molar-refractivity contribution < 1.29 is 0 Å². The molecule has 1 aromatic heterocycles. The Kier molecular flexibility index (Phi) is 3.80. The maximum Gasteiger partial charge on any atom is 0.103 e. The zero-order valence-electron chi connectivity index (χ0n) is 11.4. The SMILES string of the molecule is N#Cc1cnc2ccccc2c1NCC[C@H]1CCCN1. The number of nitrogens with zero attached hydrogens (tertiary/aromatic N) is 2. The van der Waals surface area contributed by atoms with Crippen molar-refractivity contribution in [3.8, 4) is 6.07 Å². The standard InChI is InChI=1S/C16H18N4/c17-10-12-11-20-15-6-2-1-5-14(15)16(12)19-9-7-13-4-3-8-18-13/h1-2,5-6,11,13,18H,3-4,7-9H2,(H,19,20)/t13-/m1/s1. The first-order valence-corrected chi connectivity index (χ1v) is 7.13. The Morgan fingerprint density at radius 1 is 1.40 bits per heavy atom. The fourth-order valence-corrected chi connectivity index (χ4v) is 2.79. The van der Waals surface area contributed by atoms with Gasteiger partial charge >= 0.3 is 0 Å². The van der Waals surface area contributed by atoms with Crippen molar-refractivity contribution in [1.29, 1.82) is 5.26 Å². The van der Waals surface area contributed by atoms with Crippen molar-refractivity contribution in [2.75, 3.05) is 18.4 Å². The lowest BCUT2D eigenvalue weighted by Crippen LogP contribution is -2.24. The lowest BCUT2D eigenvalue weighted by molar-refractivity contribution is 0.574. The van der Waals surface area contributed by atoms with Crippen LogP contribution in [0.15, 0.2) is 30.5 Å². The van der Waals surface area contributed by atoms with Gasteiger partial charge in [0.15, 0.2) is 0 Å². The van der Waals surface area contributed by atoms with Crippen LogP contribution in [0, 0.1) is 11.3 Å². The van der Waals surface area contributed by atoms with Gasteiger partial charge in [-0.3, -0.25) is 4.98 Å². The first-order chi connectivity index (χ1) is 9.88. The quantitative estimate of drug-likeness (QED) is 0.893. The third kappa shape index (κ3) is 2.59. The van der Waals surface area contributed by atoms with E-state index in [1.165, 1.54) is 12.8 Å². The maximum atomic E-state index is 9.25. The molecule has 102 valence electrons. The summed E-state index contributed by atoms with van der Waals surface area (Å²) >= 11 is 0. The van der Waals surface area contributed by atoms with Crippen LogP contribution in [0.4, 0.5) is 5.69 Å². The molecule has 20 heavy (non-hydrogen) atoms. The van der Waals surface area contributed by atoms with Gasteiger partial charge in [-0.2, -0.15) is 5.26 Å². The van der Waals surface area contributed by atoms with E-state index in [0.717, 1.165) is 36.1 Å². The van der Waals surface area contributed by atoms with Gasteiger partial charge in [0, 0.05) is 24.2 Å². The number of benzene rings is 1. The second-order valence-electron chi connectivity index (χ2n) is 5.18. The van der Waals surface area contributed by atoms with Crippen molar-refractivity contribution in [1.82, 2.24) is 10.3 Å². The topological polar surface area (TPSA) is 60.7 Å². The molecule has 3 rings (SSSR count). The number of para-hydroxylation sites is 1. The van der Waals surface area contributed by atoms with Gasteiger partial charge < -0.3 is 10.6 Å². The van der Waals surface area contributed by atoms with Crippen LogP contribution in [-0.4, -0.2) is 24.1 Å². The molecule has 4 nitrogen and oxygen atoms in total. The van der Waals surface area contributed by atoms with E-state index < -0.39 is 0 Å². The minimum absolute atomic E-state index is 0.612. The molecule has 0 amide bonds. The van der Waals surface area contributed by atoms with Gasteiger partial charge in [0.05, 0.1) is 16.8 Å². The van der Waals surface area contributed by atoms with E-state index in [2.05, 4.69) is 21.7 Å². The first kappa shape index (κ1) is 12.9. The summed E-state index contributed by atoms with van der Waals surface area (Å²) in [6, 6.07) is 10.8. The fraction of sp³-hybridized carbons (Fsp3) is 0.375. The molecule has 2 N–H and O–H groups in total. The van der Waals surface area contributed by atoms with E-state index in [1.807, 2.05) is 24.3 Å². The molecule has 2 aromatic rings. The number of fused-ring (bicyclic) bond motifs is 1. The van der Waals surface area contributed by atoms with E-state index in [4.69, 9.17) is 0 Å². The summed E-state index contributed by atoms with van der Waals surface area (Å²) in [6.45, 7) is 2.01. The van der Waals surface area contributed by atoms with Gasteiger partial charge in [-0.25, -0.2) is 0 Å². The number of pyridine rings is 1. The highest BCUT2D eigenvalue weighted by Gasteiger charge is 2.14. The molecule has 0 saturated carbocycles. The Balaban J connectivity index is 1.79. The van der Waals surface area contributed by atoms with Gasteiger partial charge in [0.2, 0.25) is 0 Å². The van der Waals surface area contributed by atoms with E-state index in [0.29, 0.717) is 11.6 Å². The van der Waals surface area contributed by atoms with Crippen molar-refractivity contribution in [3.63, 3.8) is 0 Å². The van der Waals surface area contributed by atoms with Crippen LogP contribution in [-0.2, 0) is 0 Å². The molecule has 0 bridgehead atoms. The van der Waals surface area contributed by atoms with Crippen molar-refractivity contribution >= 4 is 16.6 Å². The number of nitriles is 1. The lowest BCUT2D eigenvalue weighted by atomic mass is 10.1. The molecule has 1 fully saturated rings. The number of aromatic nitrogens is 1. The molecule has 1 aliphatic rings. The summed E-state index contributed by atoms with van der Waals surface area (Å²) in [7, 11) is 0. The van der Waals surface area contributed by atoms with Crippen LogP contribution in [0.3, 0.4) is 0 Å². The smallest absolute Gasteiger partial charge is 0.103 e. The zero-order chi connectivity index (χ0) is 13.8. The van der Waals surface area contributed by atoms with E-state index in [1.54, 1.807) is 6.20 Å². The van der Waals surface area contributed by atoms with Gasteiger partial charge in [0.25, 0.3) is 0 Å². The summed E-state index contributed by atoms with van der Waals surface area (Å²) in [5.74, 6) is 0. The third-order valence-corrected chi connectivity index (χ3v) is 3.85. The van der Waals surface area contributed by atoms with Crippen molar-refractivity contribution in [2.24, 2.45) is 0 Å². The van der Waals surface area contributed by atoms with Crippen molar-refractivity contribution in [3.05, 3.63) is 36.0 Å². The highest BCUT2D eigenvalue weighted by molar-refractivity contribution is 5.93. The molecule has 0 aliphatic carbocycles. The van der Waals surface area contributed by atoms with Crippen LogP contribution in [0.5, 0.6) is 0 Å². The summed E-state index contributed by atoms with van der Waals surface area (Å²) in [5.41, 5.74) is 2.45. The van der Waals surface area contributed by atoms with Crippen LogP contribution in [0.2, 0.25) is 0 Å². The molecular formula is C16H18N4. The number of nitrogens with one attached hydrogen (secondary N) is 2. The van der Waals surface area contributed by atoms with Crippen LogP contribution in [0.1, 0.15) is 24.8 Å². The van der Waals surface area contributed by atoms with E-state index >= 15 is 0 Å². The molecule has 4 heteroatoms. The van der Waals surface area contributed by atoms with Crippen LogP contribution in [0.25, 0.3) is 10.9 Å². The second-order valence-corrected chi connectivity index (χ2v) is 5.18. The Morgan fingerprint density at radius 2 is 2.30 bits per heavy atom. The number of anilines is 1. The van der Waals surface area contributed by atoms with E-state index in [9.17, 15) is 5.26 Å². The molecule has 2 heterocycles. The number of hydrogen-bond acceptors (Lipinski definition) is 4. The number of hydrogen-bond donors (Lipinski definition) is 2. The Bertz CT molecular complexity index is 638. The average molecular weight is 266 g/mol. The molecule has 1 atom stereocenters. The highest BCUT2D eigenvalue weighted by Crippen LogP contribution is 2.25. The fourth-order valence-electron chi connectivity index (χ4n) is 2.79. The molecule has 0 radical (unpaired) electrons. The minimum Gasteiger partial charge on any atom is -0.383 e. The van der Waals surface area contributed by atoms with Crippen LogP contribution >= 0.6 is 0 Å². The second kappa shape index (κ2) is 5.89. The Hall–Kier alpha value is -2.12. The summed E-state index contributed by atoms with van der Waals surface area (Å²) in [6.07, 6.45) is 5.26.